The molecule has 0 spiro atoms. The van der Waals surface area contributed by atoms with Gasteiger partial charge in [-0.05, 0) is 26.7 Å². The lowest BCUT2D eigenvalue weighted by Gasteiger charge is -2.29. The molecule has 13 heavy (non-hydrogen) atoms. The van der Waals surface area contributed by atoms with E-state index in [4.69, 9.17) is 0 Å². The van der Waals surface area contributed by atoms with Gasteiger partial charge in [0.05, 0.1) is 5.75 Å². The normalized spacial score (nSPS) is 21.8. The lowest BCUT2D eigenvalue weighted by Crippen LogP contribution is -2.42. The van der Waals surface area contributed by atoms with Crippen molar-refractivity contribution in [3.05, 3.63) is 0 Å². The summed E-state index contributed by atoms with van der Waals surface area (Å²) in [6.07, 6.45) is 1.84. The Balaban J connectivity index is 0. The van der Waals surface area contributed by atoms with Crippen LogP contribution >= 0.6 is 0 Å². The number of nitrogens with zero attached hydrogens (tertiary/aromatic N) is 1. The molecule has 0 unspecified atom stereocenters. The molecule has 1 fully saturated rings. The van der Waals surface area contributed by atoms with E-state index in [2.05, 4.69) is 0 Å². The molecule has 1 saturated heterocycles. The first-order chi connectivity index (χ1) is 5.04. The Morgan fingerprint density at radius 1 is 1.15 bits per heavy atom. The minimum Gasteiger partial charge on any atom is -0.212 e. The third-order valence-corrected chi connectivity index (χ3v) is 4.09. The van der Waals surface area contributed by atoms with Gasteiger partial charge in [0, 0.05) is 12.6 Å². The van der Waals surface area contributed by atoms with Crippen LogP contribution in [0.1, 0.15) is 41.5 Å². The molecule has 0 atom stereocenters. The van der Waals surface area contributed by atoms with E-state index in [1.807, 2.05) is 13.8 Å². The average Bonchev–Trinajstić information content (AvgIpc) is 1.85. The second kappa shape index (κ2) is 5.60. The van der Waals surface area contributed by atoms with Crippen LogP contribution in [-0.2, 0) is 10.0 Å². The Morgan fingerprint density at radius 3 is 2.00 bits per heavy atom. The summed E-state index contributed by atoms with van der Waals surface area (Å²) < 4.78 is 24.3. The van der Waals surface area contributed by atoms with Crippen LogP contribution in [-0.4, -0.2) is 31.1 Å². The van der Waals surface area contributed by atoms with Gasteiger partial charge in [0.1, 0.15) is 0 Å². The van der Waals surface area contributed by atoms with Crippen LogP contribution in [0.25, 0.3) is 0 Å². The fraction of sp³-hybridized carbons (Fsp3) is 1.00. The second-order valence-corrected chi connectivity index (χ2v) is 5.27. The third-order valence-electron chi connectivity index (χ3n) is 1.96. The number of rotatable bonds is 1. The summed E-state index contributed by atoms with van der Waals surface area (Å²) >= 11 is 0. The van der Waals surface area contributed by atoms with Gasteiger partial charge in [-0.2, -0.15) is 4.31 Å². The van der Waals surface area contributed by atoms with Crippen LogP contribution in [0.5, 0.6) is 0 Å². The van der Waals surface area contributed by atoms with Crippen molar-refractivity contribution in [3.8, 4) is 0 Å². The van der Waals surface area contributed by atoms with Gasteiger partial charge < -0.3 is 0 Å². The Bertz CT molecular complexity index is 222. The van der Waals surface area contributed by atoms with Crippen LogP contribution in [0, 0.1) is 0 Å². The molecule has 0 amide bonds. The molecule has 0 aromatic rings. The van der Waals surface area contributed by atoms with E-state index in [-0.39, 0.29) is 20.9 Å². The molecular formula is C9H23NO2S. The standard InChI is InChI=1S/C7H15NO2S.2CH4/c1-7(2)8-5-3-4-6-11(8,9)10;;/h7H,3-6H2,1-2H3;2*1H4. The van der Waals surface area contributed by atoms with Gasteiger partial charge in [0.15, 0.2) is 0 Å². The van der Waals surface area contributed by atoms with Crippen molar-refractivity contribution in [2.24, 2.45) is 0 Å². The number of hydrogen-bond acceptors (Lipinski definition) is 2. The zero-order valence-corrected chi connectivity index (χ0v) is 7.89. The van der Waals surface area contributed by atoms with Crippen molar-refractivity contribution in [2.75, 3.05) is 12.3 Å². The highest BCUT2D eigenvalue weighted by Crippen LogP contribution is 2.15. The van der Waals surface area contributed by atoms with Crippen LogP contribution in [0.15, 0.2) is 0 Å². The molecular weight excluding hydrogens is 186 g/mol. The molecule has 1 aliphatic heterocycles. The summed E-state index contributed by atoms with van der Waals surface area (Å²) in [4.78, 5) is 0. The summed E-state index contributed by atoms with van der Waals surface area (Å²) in [5.41, 5.74) is 0. The summed E-state index contributed by atoms with van der Waals surface area (Å²) in [7, 11) is -2.89. The van der Waals surface area contributed by atoms with Crippen molar-refractivity contribution >= 4 is 10.0 Å². The molecule has 0 aromatic carbocycles. The molecule has 0 bridgehead atoms. The fourth-order valence-electron chi connectivity index (χ4n) is 1.39. The zero-order valence-electron chi connectivity index (χ0n) is 7.08. The first-order valence-electron chi connectivity index (χ1n) is 4.03. The Morgan fingerprint density at radius 2 is 1.69 bits per heavy atom. The summed E-state index contributed by atoms with van der Waals surface area (Å²) in [5, 5.41) is 0. The maximum absolute atomic E-state index is 11.3. The van der Waals surface area contributed by atoms with Crippen LogP contribution < -0.4 is 0 Å². The smallest absolute Gasteiger partial charge is 0.212 e. The van der Waals surface area contributed by atoms with Crippen LogP contribution in [0.3, 0.4) is 0 Å². The topological polar surface area (TPSA) is 37.4 Å². The summed E-state index contributed by atoms with van der Waals surface area (Å²) in [5.74, 6) is 0.338. The molecule has 0 saturated carbocycles. The van der Waals surface area contributed by atoms with Gasteiger partial charge in [-0.25, -0.2) is 8.42 Å². The van der Waals surface area contributed by atoms with Gasteiger partial charge in [-0.15, -0.1) is 0 Å². The van der Waals surface area contributed by atoms with Crippen molar-refractivity contribution in [1.82, 2.24) is 4.31 Å². The molecule has 0 aromatic heterocycles. The van der Waals surface area contributed by atoms with Crippen molar-refractivity contribution in [3.63, 3.8) is 0 Å². The highest BCUT2D eigenvalue weighted by atomic mass is 32.2. The van der Waals surface area contributed by atoms with E-state index in [0.717, 1.165) is 12.8 Å². The Hall–Kier alpha value is -0.0900. The highest BCUT2D eigenvalue weighted by Gasteiger charge is 2.27. The minimum absolute atomic E-state index is 0. The van der Waals surface area contributed by atoms with Gasteiger partial charge in [-0.3, -0.25) is 0 Å². The van der Waals surface area contributed by atoms with Crippen molar-refractivity contribution in [1.29, 1.82) is 0 Å². The summed E-state index contributed by atoms with van der Waals surface area (Å²) in [6, 6.07) is 0.125. The van der Waals surface area contributed by atoms with E-state index in [0.29, 0.717) is 12.3 Å². The number of hydrogen-bond donors (Lipinski definition) is 0. The summed E-state index contributed by atoms with van der Waals surface area (Å²) in [6.45, 7) is 4.55. The molecule has 0 aliphatic carbocycles. The first kappa shape index (κ1) is 15.4. The van der Waals surface area contributed by atoms with E-state index in [1.165, 1.54) is 0 Å². The van der Waals surface area contributed by atoms with Crippen molar-refractivity contribution < 1.29 is 8.42 Å². The molecule has 1 rings (SSSR count). The van der Waals surface area contributed by atoms with E-state index in [1.54, 1.807) is 4.31 Å². The Labute approximate surface area is 83.2 Å². The van der Waals surface area contributed by atoms with Crippen molar-refractivity contribution in [2.45, 2.75) is 47.6 Å². The molecule has 1 heterocycles. The van der Waals surface area contributed by atoms with E-state index < -0.39 is 10.0 Å². The molecule has 0 radical (unpaired) electrons. The highest BCUT2D eigenvalue weighted by molar-refractivity contribution is 7.89. The zero-order chi connectivity index (χ0) is 8.48. The largest absolute Gasteiger partial charge is 0.214 e. The van der Waals surface area contributed by atoms with E-state index >= 15 is 0 Å². The van der Waals surface area contributed by atoms with E-state index in [9.17, 15) is 8.42 Å². The molecule has 4 heteroatoms. The minimum atomic E-state index is -2.89. The number of sulfonamides is 1. The predicted molar refractivity (Wildman–Crippen MR) is 58.3 cm³/mol. The SMILES string of the molecule is C.C.CC(C)N1CCCCS1(=O)=O. The van der Waals surface area contributed by atoms with Gasteiger partial charge >= 0.3 is 0 Å². The Kier molecular flexibility index (Phi) is 6.63. The lowest BCUT2D eigenvalue weighted by molar-refractivity contribution is 0.333. The fourth-order valence-corrected chi connectivity index (χ4v) is 3.24. The maximum atomic E-state index is 11.3. The molecule has 82 valence electrons. The maximum Gasteiger partial charge on any atom is 0.214 e. The third kappa shape index (κ3) is 3.65. The predicted octanol–water partition coefficient (Wildman–Crippen LogP) is 2.09. The molecule has 0 N–H and O–H groups in total. The van der Waals surface area contributed by atoms with Gasteiger partial charge in [-0.1, -0.05) is 14.9 Å². The second-order valence-electron chi connectivity index (χ2n) is 3.23. The first-order valence-corrected chi connectivity index (χ1v) is 5.64. The average molecular weight is 209 g/mol. The monoisotopic (exact) mass is 209 g/mol. The van der Waals surface area contributed by atoms with Gasteiger partial charge in [0.25, 0.3) is 0 Å². The molecule has 3 nitrogen and oxygen atoms in total. The molecule has 1 aliphatic rings. The van der Waals surface area contributed by atoms with Crippen LogP contribution in [0.4, 0.5) is 0 Å². The van der Waals surface area contributed by atoms with Crippen LogP contribution in [0.2, 0.25) is 0 Å². The van der Waals surface area contributed by atoms with Gasteiger partial charge in [0.2, 0.25) is 10.0 Å². The quantitative estimate of drug-likeness (QED) is 0.663. The lowest BCUT2D eigenvalue weighted by atomic mass is 10.3.